The molecule has 0 spiro atoms. The Kier molecular flexibility index (Phi) is 4.79. The highest BCUT2D eigenvalue weighted by Crippen LogP contribution is 2.18. The molecule has 15 heavy (non-hydrogen) atoms. The van der Waals surface area contributed by atoms with E-state index in [-0.39, 0.29) is 0 Å². The first-order valence-electron chi connectivity index (χ1n) is 5.52. The van der Waals surface area contributed by atoms with Crippen molar-refractivity contribution >= 4 is 0 Å². The molecule has 1 atom stereocenters. The third-order valence-corrected chi connectivity index (χ3v) is 2.48. The van der Waals surface area contributed by atoms with E-state index in [0.29, 0.717) is 13.2 Å². The van der Waals surface area contributed by atoms with E-state index in [0.717, 1.165) is 6.42 Å². The molecule has 0 aliphatic rings. The fourth-order valence-corrected chi connectivity index (χ4v) is 1.36. The van der Waals surface area contributed by atoms with E-state index < -0.39 is 5.79 Å². The minimum absolute atomic E-state index is 0.454. The van der Waals surface area contributed by atoms with Crippen molar-refractivity contribution in [1.29, 1.82) is 0 Å². The van der Waals surface area contributed by atoms with E-state index >= 15 is 0 Å². The summed E-state index contributed by atoms with van der Waals surface area (Å²) in [6.07, 6.45) is 0.855. The van der Waals surface area contributed by atoms with Gasteiger partial charge in [0.25, 0.3) is 0 Å². The van der Waals surface area contributed by atoms with Crippen molar-refractivity contribution in [2.24, 2.45) is 0 Å². The van der Waals surface area contributed by atoms with Gasteiger partial charge in [-0.2, -0.15) is 0 Å². The van der Waals surface area contributed by atoms with Crippen LogP contribution in [-0.4, -0.2) is 12.4 Å². The van der Waals surface area contributed by atoms with Crippen molar-refractivity contribution in [3.8, 4) is 0 Å². The Labute approximate surface area is 92.2 Å². The van der Waals surface area contributed by atoms with Gasteiger partial charge in [0, 0.05) is 6.61 Å². The molecule has 0 heterocycles. The Balaban J connectivity index is 2.47. The van der Waals surface area contributed by atoms with Gasteiger partial charge in [0.2, 0.25) is 0 Å². The first-order chi connectivity index (χ1) is 7.20. The molecule has 0 radical (unpaired) electrons. The maximum Gasteiger partial charge on any atom is 0.165 e. The maximum absolute atomic E-state index is 5.78. The first-order valence-corrected chi connectivity index (χ1v) is 5.52. The number of hydrogen-bond acceptors (Lipinski definition) is 2. The average Bonchev–Trinajstić information content (AvgIpc) is 2.28. The summed E-state index contributed by atoms with van der Waals surface area (Å²) in [5, 5.41) is 0. The van der Waals surface area contributed by atoms with E-state index in [1.54, 1.807) is 0 Å². The van der Waals surface area contributed by atoms with Crippen LogP contribution in [0.1, 0.15) is 32.8 Å². The van der Waals surface area contributed by atoms with Gasteiger partial charge in [-0.25, -0.2) is 0 Å². The molecule has 0 saturated heterocycles. The normalized spacial score (nSPS) is 14.9. The second-order valence-corrected chi connectivity index (χ2v) is 3.69. The van der Waals surface area contributed by atoms with Crippen LogP contribution >= 0.6 is 0 Å². The smallest absolute Gasteiger partial charge is 0.165 e. The van der Waals surface area contributed by atoms with Crippen LogP contribution in [0.3, 0.4) is 0 Å². The van der Waals surface area contributed by atoms with Crippen molar-refractivity contribution in [2.75, 3.05) is 6.61 Å². The average molecular weight is 208 g/mol. The van der Waals surface area contributed by atoms with Crippen LogP contribution in [0, 0.1) is 0 Å². The second kappa shape index (κ2) is 5.89. The Morgan fingerprint density at radius 2 is 1.73 bits per heavy atom. The highest BCUT2D eigenvalue weighted by Gasteiger charge is 2.22. The van der Waals surface area contributed by atoms with Crippen LogP contribution in [-0.2, 0) is 16.1 Å². The molecule has 0 aliphatic heterocycles. The lowest BCUT2D eigenvalue weighted by Crippen LogP contribution is -2.31. The molecule has 0 fully saturated rings. The lowest BCUT2D eigenvalue weighted by molar-refractivity contribution is -0.231. The fourth-order valence-electron chi connectivity index (χ4n) is 1.36. The summed E-state index contributed by atoms with van der Waals surface area (Å²) in [5.41, 5.74) is 1.18. The van der Waals surface area contributed by atoms with Gasteiger partial charge in [-0.15, -0.1) is 0 Å². The topological polar surface area (TPSA) is 18.5 Å². The lowest BCUT2D eigenvalue weighted by atomic mass is 10.2. The molecule has 2 heteroatoms. The van der Waals surface area contributed by atoms with Gasteiger partial charge in [0.15, 0.2) is 5.79 Å². The van der Waals surface area contributed by atoms with Crippen LogP contribution in [0.2, 0.25) is 0 Å². The minimum Gasteiger partial charge on any atom is -0.351 e. The van der Waals surface area contributed by atoms with Crippen LogP contribution < -0.4 is 0 Å². The van der Waals surface area contributed by atoms with Crippen molar-refractivity contribution in [3.63, 3.8) is 0 Å². The molecular weight excluding hydrogens is 188 g/mol. The molecule has 1 aromatic carbocycles. The van der Waals surface area contributed by atoms with Crippen LogP contribution in [0.5, 0.6) is 0 Å². The molecule has 1 unspecified atom stereocenters. The van der Waals surface area contributed by atoms with Crippen LogP contribution in [0.4, 0.5) is 0 Å². The number of benzene rings is 1. The predicted molar refractivity (Wildman–Crippen MR) is 61.6 cm³/mol. The highest BCUT2D eigenvalue weighted by atomic mass is 16.7. The van der Waals surface area contributed by atoms with Crippen molar-refractivity contribution in [1.82, 2.24) is 0 Å². The van der Waals surface area contributed by atoms with E-state index in [1.807, 2.05) is 32.0 Å². The van der Waals surface area contributed by atoms with Crippen LogP contribution in [0.25, 0.3) is 0 Å². The number of rotatable bonds is 6. The minimum atomic E-state index is -0.454. The van der Waals surface area contributed by atoms with Gasteiger partial charge >= 0.3 is 0 Å². The van der Waals surface area contributed by atoms with E-state index in [4.69, 9.17) is 9.47 Å². The first kappa shape index (κ1) is 12.2. The van der Waals surface area contributed by atoms with Gasteiger partial charge < -0.3 is 9.47 Å². The maximum atomic E-state index is 5.78. The van der Waals surface area contributed by atoms with Gasteiger partial charge in [-0.05, 0) is 25.8 Å². The van der Waals surface area contributed by atoms with Gasteiger partial charge in [0.05, 0.1) is 6.61 Å². The van der Waals surface area contributed by atoms with Crippen molar-refractivity contribution < 1.29 is 9.47 Å². The zero-order chi connectivity index (χ0) is 11.1. The van der Waals surface area contributed by atoms with Crippen molar-refractivity contribution in [2.45, 2.75) is 39.6 Å². The Morgan fingerprint density at radius 3 is 2.27 bits per heavy atom. The fraction of sp³-hybridized carbons (Fsp3) is 0.538. The Bertz CT molecular complexity index is 271. The molecule has 0 amide bonds. The summed E-state index contributed by atoms with van der Waals surface area (Å²) < 4.78 is 11.4. The molecule has 0 aliphatic carbocycles. The predicted octanol–water partition coefficient (Wildman–Crippen LogP) is 3.37. The molecule has 1 aromatic rings. The summed E-state index contributed by atoms with van der Waals surface area (Å²) >= 11 is 0. The third kappa shape index (κ3) is 4.02. The van der Waals surface area contributed by atoms with Crippen LogP contribution in [0.15, 0.2) is 30.3 Å². The molecule has 0 aromatic heterocycles. The SMILES string of the molecule is CCOC(C)(CC)OCc1ccccc1. The van der Waals surface area contributed by atoms with E-state index in [1.165, 1.54) is 5.56 Å². The largest absolute Gasteiger partial charge is 0.351 e. The van der Waals surface area contributed by atoms with Crippen molar-refractivity contribution in [3.05, 3.63) is 35.9 Å². The monoisotopic (exact) mass is 208 g/mol. The van der Waals surface area contributed by atoms with Gasteiger partial charge in [0.1, 0.15) is 0 Å². The second-order valence-electron chi connectivity index (χ2n) is 3.69. The summed E-state index contributed by atoms with van der Waals surface area (Å²) in [6, 6.07) is 10.2. The van der Waals surface area contributed by atoms with Gasteiger partial charge in [-0.1, -0.05) is 37.3 Å². The molecular formula is C13H20O2. The lowest BCUT2D eigenvalue weighted by Gasteiger charge is -2.28. The summed E-state index contributed by atoms with van der Waals surface area (Å²) in [6.45, 7) is 7.32. The molecule has 0 saturated carbocycles. The summed E-state index contributed by atoms with van der Waals surface area (Å²) in [4.78, 5) is 0. The molecule has 0 N–H and O–H groups in total. The quantitative estimate of drug-likeness (QED) is 0.667. The zero-order valence-corrected chi connectivity index (χ0v) is 9.82. The van der Waals surface area contributed by atoms with E-state index in [2.05, 4.69) is 19.1 Å². The Hall–Kier alpha value is -0.860. The molecule has 1 rings (SSSR count). The highest BCUT2D eigenvalue weighted by molar-refractivity contribution is 5.13. The molecule has 2 nitrogen and oxygen atoms in total. The standard InChI is InChI=1S/C13H20O2/c1-4-13(3,14-5-2)15-11-12-9-7-6-8-10-12/h6-10H,4-5,11H2,1-3H3. The summed E-state index contributed by atoms with van der Waals surface area (Å²) in [5.74, 6) is -0.454. The zero-order valence-electron chi connectivity index (χ0n) is 9.82. The summed E-state index contributed by atoms with van der Waals surface area (Å²) in [7, 11) is 0. The third-order valence-electron chi connectivity index (χ3n) is 2.48. The number of ether oxygens (including phenoxy) is 2. The molecule has 0 bridgehead atoms. The molecule has 84 valence electrons. The number of hydrogen-bond donors (Lipinski definition) is 0. The van der Waals surface area contributed by atoms with E-state index in [9.17, 15) is 0 Å². The van der Waals surface area contributed by atoms with Gasteiger partial charge in [-0.3, -0.25) is 0 Å². The Morgan fingerprint density at radius 1 is 1.07 bits per heavy atom.